The Bertz CT molecular complexity index is 1260. The maximum absolute atomic E-state index is 13.2. The monoisotopic (exact) mass is 444 g/mol. The molecule has 3 rings (SSSR count). The summed E-state index contributed by atoms with van der Waals surface area (Å²) in [6.45, 7) is 1.49. The number of nitrogens with zero attached hydrogens (tertiary/aromatic N) is 3. The zero-order valence-electron chi connectivity index (χ0n) is 15.1. The lowest BCUT2D eigenvalue weighted by Crippen LogP contribution is -2.22. The zero-order chi connectivity index (χ0) is 21.1. The van der Waals surface area contributed by atoms with Crippen LogP contribution < -0.4 is 11.3 Å². The van der Waals surface area contributed by atoms with E-state index in [9.17, 15) is 9.59 Å². The number of hydrogen-bond donors (Lipinski definition) is 1. The molecule has 146 valence electrons. The number of halogens is 2. The number of carbonyl (C=O) groups excluding carboxylic acids is 1. The summed E-state index contributed by atoms with van der Waals surface area (Å²) in [6.07, 6.45) is 0. The molecule has 3 aromatic rings. The van der Waals surface area contributed by atoms with E-state index in [0.717, 1.165) is 11.8 Å². The highest BCUT2D eigenvalue weighted by Gasteiger charge is 2.17. The van der Waals surface area contributed by atoms with Gasteiger partial charge in [0, 0.05) is 5.70 Å². The number of aromatic nitrogens is 2. The summed E-state index contributed by atoms with van der Waals surface area (Å²) in [7, 11) is 0. The molecular weight excluding hydrogens is 431 g/mol. The van der Waals surface area contributed by atoms with Gasteiger partial charge < -0.3 is 5.73 Å². The zero-order valence-corrected chi connectivity index (χ0v) is 17.5. The number of hydrogen-bond acceptors (Lipinski definition) is 6. The third-order valence-corrected chi connectivity index (χ3v) is 5.70. The summed E-state index contributed by atoms with van der Waals surface area (Å²) in [5.41, 5.74) is 6.28. The third kappa shape index (κ3) is 4.30. The molecule has 0 aliphatic rings. The lowest BCUT2D eigenvalue weighted by Gasteiger charge is -2.13. The van der Waals surface area contributed by atoms with Crippen molar-refractivity contribution in [3.05, 3.63) is 74.1 Å². The van der Waals surface area contributed by atoms with Crippen LogP contribution >= 0.6 is 35.0 Å². The number of rotatable bonds is 5. The van der Waals surface area contributed by atoms with Crippen LogP contribution in [0.1, 0.15) is 6.92 Å². The number of fused-ring (bicyclic) bond motifs is 1. The van der Waals surface area contributed by atoms with Crippen molar-refractivity contribution in [3.63, 3.8) is 0 Å². The van der Waals surface area contributed by atoms with Crippen LogP contribution in [0.15, 0.2) is 63.7 Å². The Morgan fingerprint density at radius 3 is 2.62 bits per heavy atom. The molecule has 1 aromatic heterocycles. The van der Waals surface area contributed by atoms with Crippen LogP contribution in [-0.4, -0.2) is 21.1 Å². The van der Waals surface area contributed by atoms with Gasteiger partial charge in [-0.15, -0.1) is 0 Å². The molecule has 0 saturated heterocycles. The minimum Gasteiger partial charge on any atom is -0.401 e. The van der Waals surface area contributed by atoms with Gasteiger partial charge >= 0.3 is 0 Å². The molecule has 0 fully saturated rings. The Labute approximate surface area is 180 Å². The molecule has 0 aliphatic carbocycles. The first-order valence-electron chi connectivity index (χ1n) is 8.33. The van der Waals surface area contributed by atoms with Crippen LogP contribution in [-0.2, 0) is 4.79 Å². The molecule has 0 spiro atoms. The molecule has 0 aliphatic heterocycles. The second-order valence-corrected chi connectivity index (χ2v) is 7.79. The van der Waals surface area contributed by atoms with E-state index in [2.05, 4.69) is 4.98 Å². The van der Waals surface area contributed by atoms with Gasteiger partial charge in [0.1, 0.15) is 11.6 Å². The van der Waals surface area contributed by atoms with Crippen molar-refractivity contribution < 1.29 is 4.79 Å². The fourth-order valence-corrected chi connectivity index (χ4v) is 3.81. The number of allylic oxidation sites excluding steroid dienone is 2. The van der Waals surface area contributed by atoms with Crippen molar-refractivity contribution in [2.24, 2.45) is 5.73 Å². The van der Waals surface area contributed by atoms with E-state index in [4.69, 9.17) is 34.2 Å². The number of para-hydroxylation sites is 1. The van der Waals surface area contributed by atoms with Crippen LogP contribution in [0.4, 0.5) is 0 Å². The molecular formula is C20H14Cl2N4O2S. The molecule has 0 saturated carbocycles. The highest BCUT2D eigenvalue weighted by molar-refractivity contribution is 7.99. The quantitative estimate of drug-likeness (QED) is 0.275. The maximum Gasteiger partial charge on any atom is 0.266 e. The van der Waals surface area contributed by atoms with E-state index in [1.807, 2.05) is 6.07 Å². The van der Waals surface area contributed by atoms with Crippen molar-refractivity contribution in [3.8, 4) is 11.8 Å². The van der Waals surface area contributed by atoms with Gasteiger partial charge in [0.25, 0.3) is 5.56 Å². The molecule has 9 heteroatoms. The predicted molar refractivity (Wildman–Crippen MR) is 116 cm³/mol. The molecule has 2 N–H and O–H groups in total. The average Bonchev–Trinajstić information content (AvgIpc) is 2.69. The van der Waals surface area contributed by atoms with E-state index >= 15 is 0 Å². The van der Waals surface area contributed by atoms with Crippen molar-refractivity contribution in [2.45, 2.75) is 12.1 Å². The Morgan fingerprint density at radius 2 is 1.97 bits per heavy atom. The van der Waals surface area contributed by atoms with Gasteiger partial charge in [0.15, 0.2) is 10.9 Å². The molecule has 29 heavy (non-hydrogen) atoms. The molecule has 1 heterocycles. The smallest absolute Gasteiger partial charge is 0.266 e. The number of Topliss-reactive ketones (excluding diaryl/α,β-unsaturated/α-hetero) is 1. The summed E-state index contributed by atoms with van der Waals surface area (Å²) in [6, 6.07) is 13.5. The minimum atomic E-state index is -0.444. The van der Waals surface area contributed by atoms with Crippen molar-refractivity contribution in [2.75, 3.05) is 5.75 Å². The summed E-state index contributed by atoms with van der Waals surface area (Å²) in [5, 5.41) is 10.5. The van der Waals surface area contributed by atoms with Gasteiger partial charge in [0.05, 0.1) is 32.4 Å². The maximum atomic E-state index is 13.2. The van der Waals surface area contributed by atoms with Gasteiger partial charge in [-0.3, -0.25) is 14.2 Å². The molecule has 0 unspecified atom stereocenters. The third-order valence-electron chi connectivity index (χ3n) is 4.02. The van der Waals surface area contributed by atoms with Gasteiger partial charge in [-0.25, -0.2) is 4.98 Å². The van der Waals surface area contributed by atoms with Crippen molar-refractivity contribution in [1.82, 2.24) is 9.55 Å². The number of nitriles is 1. The molecule has 0 amide bonds. The fraction of sp³-hybridized carbons (Fsp3) is 0.100. The van der Waals surface area contributed by atoms with Gasteiger partial charge in [0.2, 0.25) is 0 Å². The summed E-state index contributed by atoms with van der Waals surface area (Å²) >= 11 is 13.2. The Hall–Kier alpha value is -2.79. The van der Waals surface area contributed by atoms with Gasteiger partial charge in [-0.05, 0) is 37.3 Å². The molecule has 2 aromatic carbocycles. The standard InChI is InChI=1S/C20H14Cl2N4O2S/c1-11(24)14(9-23)18(27)10-29-20-25-17-5-3-2-4-13(17)19(28)26(20)12-6-7-15(21)16(22)8-12/h2-8H,10,24H2,1H3. The molecule has 6 nitrogen and oxygen atoms in total. The average molecular weight is 445 g/mol. The topological polar surface area (TPSA) is 102 Å². The summed E-state index contributed by atoms with van der Waals surface area (Å²) < 4.78 is 1.37. The Morgan fingerprint density at radius 1 is 1.24 bits per heavy atom. The van der Waals surface area contributed by atoms with Gasteiger partial charge in [-0.1, -0.05) is 47.1 Å². The number of carbonyl (C=O) groups is 1. The van der Waals surface area contributed by atoms with Crippen LogP contribution in [0.3, 0.4) is 0 Å². The number of benzene rings is 2. The van der Waals surface area contributed by atoms with Crippen LogP contribution in [0.5, 0.6) is 0 Å². The van der Waals surface area contributed by atoms with Gasteiger partial charge in [-0.2, -0.15) is 5.26 Å². The first-order valence-corrected chi connectivity index (χ1v) is 10.1. The van der Waals surface area contributed by atoms with Crippen LogP contribution in [0.2, 0.25) is 10.0 Å². The first-order chi connectivity index (χ1) is 13.8. The van der Waals surface area contributed by atoms with E-state index in [1.165, 1.54) is 11.5 Å². The van der Waals surface area contributed by atoms with E-state index in [-0.39, 0.29) is 32.8 Å². The van der Waals surface area contributed by atoms with E-state index in [1.54, 1.807) is 42.5 Å². The Kier molecular flexibility index (Phi) is 6.28. The normalized spacial score (nSPS) is 11.8. The van der Waals surface area contributed by atoms with Crippen molar-refractivity contribution in [1.29, 1.82) is 5.26 Å². The lowest BCUT2D eigenvalue weighted by atomic mass is 10.2. The number of ketones is 1. The minimum absolute atomic E-state index is 0.108. The molecule has 0 atom stereocenters. The van der Waals surface area contributed by atoms with Crippen molar-refractivity contribution >= 4 is 51.6 Å². The second-order valence-electron chi connectivity index (χ2n) is 6.03. The largest absolute Gasteiger partial charge is 0.401 e. The summed E-state index contributed by atoms with van der Waals surface area (Å²) in [5.74, 6) is -0.551. The number of thioether (sulfide) groups is 1. The van der Waals surface area contributed by atoms with Crippen LogP contribution in [0, 0.1) is 11.3 Å². The number of nitrogens with two attached hydrogens (primary N) is 1. The highest BCUT2D eigenvalue weighted by atomic mass is 35.5. The first kappa shape index (κ1) is 20.9. The lowest BCUT2D eigenvalue weighted by molar-refractivity contribution is -0.112. The molecule has 0 radical (unpaired) electrons. The van der Waals surface area contributed by atoms with E-state index < -0.39 is 5.78 Å². The second kappa shape index (κ2) is 8.70. The van der Waals surface area contributed by atoms with E-state index in [0.29, 0.717) is 21.6 Å². The van der Waals surface area contributed by atoms with Crippen LogP contribution in [0.25, 0.3) is 16.6 Å². The summed E-state index contributed by atoms with van der Waals surface area (Å²) in [4.78, 5) is 30.0. The fourth-order valence-electron chi connectivity index (χ4n) is 2.63. The Balaban J connectivity index is 2.14. The predicted octanol–water partition coefficient (Wildman–Crippen LogP) is 4.11. The highest BCUT2D eigenvalue weighted by Crippen LogP contribution is 2.27. The molecule has 0 bridgehead atoms. The SMILES string of the molecule is CC(N)=C(C#N)C(=O)CSc1nc2ccccc2c(=O)n1-c1ccc(Cl)c(Cl)c1.